The number of rotatable bonds is 5. The maximum Gasteiger partial charge on any atom is 0.238 e. The fourth-order valence-corrected chi connectivity index (χ4v) is 4.23. The van der Waals surface area contributed by atoms with Crippen molar-refractivity contribution in [1.82, 2.24) is 9.38 Å². The summed E-state index contributed by atoms with van der Waals surface area (Å²) in [5, 5.41) is 11.5. The molecule has 0 bridgehead atoms. The Morgan fingerprint density at radius 2 is 1.86 bits per heavy atom. The van der Waals surface area contributed by atoms with E-state index in [1.165, 1.54) is 12.1 Å². The van der Waals surface area contributed by atoms with Crippen LogP contribution in [0.15, 0.2) is 70.0 Å². The quantitative estimate of drug-likeness (QED) is 0.388. The molecule has 4 rings (SSSR count). The highest BCUT2D eigenvalue weighted by atomic mass is 32.2. The molecule has 0 saturated carbocycles. The first-order chi connectivity index (χ1) is 13.4. The number of nitrogens with zero attached hydrogens (tertiary/aromatic N) is 3. The monoisotopic (exact) mass is 411 g/mol. The van der Waals surface area contributed by atoms with Gasteiger partial charge in [-0.1, -0.05) is 30.3 Å². The van der Waals surface area contributed by atoms with E-state index in [0.717, 1.165) is 27.6 Å². The van der Waals surface area contributed by atoms with Gasteiger partial charge in [0, 0.05) is 16.6 Å². The molecule has 142 valence electrons. The van der Waals surface area contributed by atoms with Crippen LogP contribution in [0.3, 0.4) is 0 Å². The van der Waals surface area contributed by atoms with E-state index >= 15 is 0 Å². The van der Waals surface area contributed by atoms with Gasteiger partial charge < -0.3 is 0 Å². The van der Waals surface area contributed by atoms with Crippen LogP contribution in [0.2, 0.25) is 0 Å². The van der Waals surface area contributed by atoms with Gasteiger partial charge in [-0.2, -0.15) is 5.10 Å². The van der Waals surface area contributed by atoms with Crippen molar-refractivity contribution in [3.8, 4) is 11.3 Å². The van der Waals surface area contributed by atoms with E-state index in [9.17, 15) is 8.42 Å². The molecule has 4 aromatic rings. The minimum atomic E-state index is -3.71. The summed E-state index contributed by atoms with van der Waals surface area (Å²) in [6.07, 6.45) is 1.72. The van der Waals surface area contributed by atoms with Gasteiger partial charge in [-0.05, 0) is 31.2 Å². The lowest BCUT2D eigenvalue weighted by Gasteiger charge is -2.03. The van der Waals surface area contributed by atoms with E-state index in [0.29, 0.717) is 5.69 Å². The lowest BCUT2D eigenvalue weighted by atomic mass is 10.1. The molecule has 2 aromatic carbocycles. The molecular formula is C19H17N5O2S2. The number of primary sulfonamides is 1. The number of fused-ring (bicyclic) bond motifs is 1. The van der Waals surface area contributed by atoms with Crippen LogP contribution in [0.4, 0.5) is 5.69 Å². The molecule has 0 aliphatic rings. The Morgan fingerprint density at radius 3 is 2.54 bits per heavy atom. The predicted octanol–water partition coefficient (Wildman–Crippen LogP) is 3.46. The highest BCUT2D eigenvalue weighted by Gasteiger charge is 2.15. The Hall–Kier alpha value is -3.01. The Kier molecular flexibility index (Phi) is 4.71. The Balaban J connectivity index is 1.66. The molecule has 0 unspecified atom stereocenters. The highest BCUT2D eigenvalue weighted by Crippen LogP contribution is 2.27. The topological polar surface area (TPSA) is 102 Å². The molecule has 0 amide bonds. The lowest BCUT2D eigenvalue weighted by molar-refractivity contribution is 0.598. The van der Waals surface area contributed by atoms with Gasteiger partial charge in [0.2, 0.25) is 10.0 Å². The smallest absolute Gasteiger partial charge is 0.238 e. The summed E-state index contributed by atoms with van der Waals surface area (Å²) in [5.41, 5.74) is 7.37. The maximum absolute atomic E-state index is 11.3. The minimum absolute atomic E-state index is 0.0554. The van der Waals surface area contributed by atoms with Crippen molar-refractivity contribution in [1.29, 1.82) is 0 Å². The number of aryl methyl sites for hydroxylation is 1. The number of sulfonamides is 1. The SMILES string of the molecule is Cc1csc2nc(-c3ccccc3)c(/C=N/Nc3ccc(S(N)(=O)=O)cc3)n12. The van der Waals surface area contributed by atoms with Gasteiger partial charge in [-0.3, -0.25) is 9.83 Å². The summed E-state index contributed by atoms with van der Waals surface area (Å²) in [6.45, 7) is 2.02. The van der Waals surface area contributed by atoms with Crippen molar-refractivity contribution in [3.63, 3.8) is 0 Å². The first kappa shape index (κ1) is 18.4. The minimum Gasteiger partial charge on any atom is -0.286 e. The summed E-state index contributed by atoms with van der Waals surface area (Å²) >= 11 is 1.58. The number of imidazole rings is 1. The second-order valence-electron chi connectivity index (χ2n) is 6.15. The second-order valence-corrected chi connectivity index (χ2v) is 8.54. The van der Waals surface area contributed by atoms with Crippen molar-refractivity contribution in [2.45, 2.75) is 11.8 Å². The van der Waals surface area contributed by atoms with Crippen LogP contribution in [0, 0.1) is 6.92 Å². The maximum atomic E-state index is 11.3. The van der Waals surface area contributed by atoms with Crippen LogP contribution in [-0.4, -0.2) is 24.0 Å². The third-order valence-corrected chi connectivity index (χ3v) is 6.05. The normalized spacial score (nSPS) is 12.1. The fourth-order valence-electron chi connectivity index (χ4n) is 2.84. The number of hydrazone groups is 1. The molecule has 7 nitrogen and oxygen atoms in total. The largest absolute Gasteiger partial charge is 0.286 e. The van der Waals surface area contributed by atoms with E-state index in [-0.39, 0.29) is 4.90 Å². The van der Waals surface area contributed by atoms with Gasteiger partial charge in [0.15, 0.2) is 4.96 Å². The summed E-state index contributed by atoms with van der Waals surface area (Å²) in [5.74, 6) is 0. The Morgan fingerprint density at radius 1 is 1.14 bits per heavy atom. The van der Waals surface area contributed by atoms with E-state index < -0.39 is 10.0 Å². The number of aromatic nitrogens is 2. The first-order valence-corrected chi connectivity index (χ1v) is 10.8. The second kappa shape index (κ2) is 7.19. The summed E-state index contributed by atoms with van der Waals surface area (Å²) in [6, 6.07) is 16.0. The number of hydrogen-bond donors (Lipinski definition) is 2. The summed E-state index contributed by atoms with van der Waals surface area (Å²) < 4.78 is 24.7. The van der Waals surface area contributed by atoms with E-state index in [2.05, 4.69) is 14.9 Å². The third kappa shape index (κ3) is 3.55. The molecule has 0 saturated heterocycles. The molecule has 0 radical (unpaired) electrons. The van der Waals surface area contributed by atoms with Crippen LogP contribution in [0.5, 0.6) is 0 Å². The van der Waals surface area contributed by atoms with Gasteiger partial charge in [0.1, 0.15) is 0 Å². The molecule has 2 aromatic heterocycles. The zero-order valence-electron chi connectivity index (χ0n) is 14.9. The van der Waals surface area contributed by atoms with E-state index in [1.807, 2.05) is 42.6 Å². The van der Waals surface area contributed by atoms with Crippen LogP contribution < -0.4 is 10.6 Å². The molecule has 28 heavy (non-hydrogen) atoms. The van der Waals surface area contributed by atoms with Gasteiger partial charge in [-0.15, -0.1) is 11.3 Å². The van der Waals surface area contributed by atoms with Crippen molar-refractivity contribution in [2.24, 2.45) is 10.2 Å². The number of thiazole rings is 1. The van der Waals surface area contributed by atoms with Crippen LogP contribution in [0.25, 0.3) is 16.2 Å². The summed E-state index contributed by atoms with van der Waals surface area (Å²) in [7, 11) is -3.71. The first-order valence-electron chi connectivity index (χ1n) is 8.37. The number of nitrogens with two attached hydrogens (primary N) is 1. The molecular weight excluding hydrogens is 394 g/mol. The summed E-state index contributed by atoms with van der Waals surface area (Å²) in [4.78, 5) is 5.70. The van der Waals surface area contributed by atoms with Crippen molar-refractivity contribution < 1.29 is 8.42 Å². The Bertz CT molecular complexity index is 1260. The van der Waals surface area contributed by atoms with Crippen molar-refractivity contribution in [2.75, 3.05) is 5.43 Å². The zero-order valence-corrected chi connectivity index (χ0v) is 16.5. The third-order valence-electron chi connectivity index (χ3n) is 4.18. The van der Waals surface area contributed by atoms with Crippen molar-refractivity contribution in [3.05, 3.63) is 71.4 Å². The number of benzene rings is 2. The van der Waals surface area contributed by atoms with E-state index in [4.69, 9.17) is 10.1 Å². The standard InChI is InChI=1S/C19H17N5O2S2/c1-13-12-27-19-22-18(14-5-3-2-4-6-14)17(24(13)19)11-21-23-15-7-9-16(10-8-15)28(20,25)26/h2-12,23H,1H3,(H2,20,25,26)/b21-11+. The molecule has 2 heterocycles. The predicted molar refractivity (Wildman–Crippen MR) is 112 cm³/mol. The molecule has 3 N–H and O–H groups in total. The van der Waals surface area contributed by atoms with Crippen LogP contribution in [0.1, 0.15) is 11.4 Å². The molecule has 9 heteroatoms. The molecule has 0 fully saturated rings. The fraction of sp³-hybridized carbons (Fsp3) is 0.0526. The average molecular weight is 412 g/mol. The zero-order chi connectivity index (χ0) is 19.7. The molecule has 0 aliphatic carbocycles. The van der Waals surface area contributed by atoms with Gasteiger partial charge in [0.05, 0.1) is 28.2 Å². The molecule has 0 aliphatic heterocycles. The number of nitrogens with one attached hydrogen (secondary N) is 1. The van der Waals surface area contributed by atoms with Crippen LogP contribution in [-0.2, 0) is 10.0 Å². The van der Waals surface area contributed by atoms with Crippen LogP contribution >= 0.6 is 11.3 Å². The van der Waals surface area contributed by atoms with E-state index in [1.54, 1.807) is 29.7 Å². The van der Waals surface area contributed by atoms with Gasteiger partial charge in [-0.25, -0.2) is 18.5 Å². The average Bonchev–Trinajstić information content (AvgIpc) is 3.22. The molecule has 0 spiro atoms. The number of hydrogen-bond acceptors (Lipinski definition) is 6. The van der Waals surface area contributed by atoms with Gasteiger partial charge >= 0.3 is 0 Å². The lowest BCUT2D eigenvalue weighted by Crippen LogP contribution is -2.11. The van der Waals surface area contributed by atoms with Crippen molar-refractivity contribution >= 4 is 38.2 Å². The Labute approximate surface area is 166 Å². The number of anilines is 1. The highest BCUT2D eigenvalue weighted by molar-refractivity contribution is 7.89. The molecule has 0 atom stereocenters. The van der Waals surface area contributed by atoms with Gasteiger partial charge in [0.25, 0.3) is 0 Å².